The summed E-state index contributed by atoms with van der Waals surface area (Å²) in [4.78, 5) is 35.1. The maximum Gasteiger partial charge on any atom is 0.307 e. The van der Waals surface area contributed by atoms with Gasteiger partial charge in [0.1, 0.15) is 6.54 Å². The van der Waals surface area contributed by atoms with Crippen LogP contribution in [-0.2, 0) is 21.9 Å². The first kappa shape index (κ1) is 23.1. The molecule has 174 valence electrons. The summed E-state index contributed by atoms with van der Waals surface area (Å²) >= 11 is 1.02. The molecule has 1 aromatic heterocycles. The Kier molecular flexibility index (Phi) is 6.18. The minimum Gasteiger partial charge on any atom is -0.324 e. The number of thiazole rings is 1. The summed E-state index contributed by atoms with van der Waals surface area (Å²) in [5, 5.41) is 13.9. The van der Waals surface area contributed by atoms with Gasteiger partial charge in [-0.3, -0.25) is 24.0 Å². The fraction of sp³-hybridized carbons (Fsp3) is 0.0909. The summed E-state index contributed by atoms with van der Waals surface area (Å²) in [6.45, 7) is -0.624. The number of carbonyl (C=O) groups is 1. The van der Waals surface area contributed by atoms with Gasteiger partial charge in [-0.1, -0.05) is 35.6 Å². The lowest BCUT2D eigenvalue weighted by Crippen LogP contribution is -2.38. The van der Waals surface area contributed by atoms with Gasteiger partial charge in [-0.05, 0) is 36.4 Å². The third-order valence-electron chi connectivity index (χ3n) is 5.02. The number of hydrogen-bond acceptors (Lipinski definition) is 7. The molecule has 0 aliphatic heterocycles. The van der Waals surface area contributed by atoms with Crippen molar-refractivity contribution in [1.29, 1.82) is 0 Å². The zero-order chi connectivity index (χ0) is 24.5. The van der Waals surface area contributed by atoms with E-state index in [1.807, 2.05) is 0 Å². The average Bonchev–Trinajstić information content (AvgIpc) is 3.10. The highest BCUT2D eigenvalue weighted by molar-refractivity contribution is 7.92. The van der Waals surface area contributed by atoms with Gasteiger partial charge < -0.3 is 9.88 Å². The Morgan fingerprint density at radius 2 is 1.82 bits per heavy atom. The Hall–Kier alpha value is -4.03. The Balaban J connectivity index is 1.68. The van der Waals surface area contributed by atoms with Crippen molar-refractivity contribution >= 4 is 54.5 Å². The van der Waals surface area contributed by atoms with E-state index in [4.69, 9.17) is 0 Å². The first-order valence-corrected chi connectivity index (χ1v) is 12.1. The molecule has 1 amide bonds. The smallest absolute Gasteiger partial charge is 0.307 e. The molecular weight excluding hydrogens is 480 g/mol. The SMILES string of the molecule is Cn1c(=O)sc2cc(NC(=O)CN(c3cccc([N+](=O)[O-])c3)S(=O)(=O)c3ccccc3)ccc21. The van der Waals surface area contributed by atoms with Crippen LogP contribution in [-0.4, -0.2) is 30.4 Å². The fourth-order valence-corrected chi connectivity index (χ4v) is 5.69. The normalized spacial score (nSPS) is 11.3. The zero-order valence-corrected chi connectivity index (χ0v) is 19.4. The van der Waals surface area contributed by atoms with Gasteiger partial charge in [-0.2, -0.15) is 0 Å². The second kappa shape index (κ2) is 9.08. The largest absolute Gasteiger partial charge is 0.324 e. The molecule has 4 aromatic rings. The van der Waals surface area contributed by atoms with Crippen molar-refractivity contribution in [3.8, 4) is 0 Å². The number of amides is 1. The summed E-state index contributed by atoms with van der Waals surface area (Å²) < 4.78 is 29.7. The molecule has 0 unspecified atom stereocenters. The summed E-state index contributed by atoms with van der Waals surface area (Å²) in [7, 11) is -2.57. The predicted molar refractivity (Wildman–Crippen MR) is 130 cm³/mol. The number of rotatable bonds is 7. The number of nitrogens with one attached hydrogen (secondary N) is 1. The van der Waals surface area contributed by atoms with E-state index < -0.39 is 27.4 Å². The number of nitrogens with zero attached hydrogens (tertiary/aromatic N) is 3. The van der Waals surface area contributed by atoms with Crippen LogP contribution in [0, 0.1) is 10.1 Å². The first-order chi connectivity index (χ1) is 16.2. The van der Waals surface area contributed by atoms with Gasteiger partial charge in [0.2, 0.25) is 5.91 Å². The standard InChI is InChI=1S/C22H18N4O6S2/c1-24-19-11-10-15(12-20(19)33-22(24)28)23-21(27)14-25(16-6-5-7-17(13-16)26(29)30)34(31,32)18-8-3-2-4-9-18/h2-13H,14H2,1H3,(H,23,27). The van der Waals surface area contributed by atoms with Crippen LogP contribution in [0.15, 0.2) is 82.5 Å². The minimum atomic E-state index is -4.21. The van der Waals surface area contributed by atoms with Crippen molar-refractivity contribution in [2.75, 3.05) is 16.2 Å². The van der Waals surface area contributed by atoms with Crippen LogP contribution in [0.4, 0.5) is 17.1 Å². The predicted octanol–water partition coefficient (Wildman–Crippen LogP) is 3.34. The average molecular weight is 499 g/mol. The van der Waals surface area contributed by atoms with E-state index in [1.54, 1.807) is 43.4 Å². The highest BCUT2D eigenvalue weighted by Crippen LogP contribution is 2.27. The summed E-state index contributed by atoms with van der Waals surface area (Å²) in [6, 6.07) is 17.5. The molecule has 4 rings (SSSR count). The Morgan fingerprint density at radius 1 is 1.09 bits per heavy atom. The minimum absolute atomic E-state index is 0.0232. The fourth-order valence-electron chi connectivity index (χ4n) is 3.34. The molecule has 12 heteroatoms. The number of nitro groups is 1. The van der Waals surface area contributed by atoms with Crippen molar-refractivity contribution in [2.24, 2.45) is 7.05 Å². The lowest BCUT2D eigenvalue weighted by atomic mass is 10.2. The topological polar surface area (TPSA) is 132 Å². The molecule has 1 N–H and O–H groups in total. The number of aromatic nitrogens is 1. The second-order valence-electron chi connectivity index (χ2n) is 7.26. The molecule has 0 radical (unpaired) electrons. The number of carbonyl (C=O) groups excluding carboxylic acids is 1. The second-order valence-corrected chi connectivity index (χ2v) is 10.1. The third kappa shape index (κ3) is 4.54. The molecule has 0 fully saturated rings. The molecule has 3 aromatic carbocycles. The van der Waals surface area contributed by atoms with Gasteiger partial charge in [0.25, 0.3) is 15.7 Å². The molecular formula is C22H18N4O6S2. The lowest BCUT2D eigenvalue weighted by molar-refractivity contribution is -0.384. The van der Waals surface area contributed by atoms with Gasteiger partial charge in [-0.15, -0.1) is 0 Å². The van der Waals surface area contributed by atoms with Gasteiger partial charge >= 0.3 is 4.87 Å². The number of anilines is 2. The zero-order valence-electron chi connectivity index (χ0n) is 17.7. The van der Waals surface area contributed by atoms with Crippen molar-refractivity contribution in [3.63, 3.8) is 0 Å². The molecule has 0 saturated heterocycles. The molecule has 0 spiro atoms. The van der Waals surface area contributed by atoms with E-state index in [2.05, 4.69) is 5.32 Å². The van der Waals surface area contributed by atoms with Crippen LogP contribution in [0.3, 0.4) is 0 Å². The molecule has 0 saturated carbocycles. The lowest BCUT2D eigenvalue weighted by Gasteiger charge is -2.24. The van der Waals surface area contributed by atoms with Gasteiger partial charge in [0.05, 0.1) is 25.7 Å². The van der Waals surface area contributed by atoms with E-state index in [-0.39, 0.29) is 21.1 Å². The quantitative estimate of drug-likeness (QED) is 0.307. The van der Waals surface area contributed by atoms with E-state index in [9.17, 15) is 28.1 Å². The maximum atomic E-state index is 13.4. The molecule has 34 heavy (non-hydrogen) atoms. The Bertz CT molecular complexity index is 1560. The summed E-state index contributed by atoms with van der Waals surface area (Å²) in [5.74, 6) is -0.659. The highest BCUT2D eigenvalue weighted by atomic mass is 32.2. The van der Waals surface area contributed by atoms with Crippen molar-refractivity contribution in [1.82, 2.24) is 4.57 Å². The number of benzene rings is 3. The van der Waals surface area contributed by atoms with Gasteiger partial charge in [-0.25, -0.2) is 8.42 Å². The number of fused-ring (bicyclic) bond motifs is 1. The third-order valence-corrected chi connectivity index (χ3v) is 7.81. The van der Waals surface area contributed by atoms with E-state index >= 15 is 0 Å². The molecule has 0 atom stereocenters. The number of sulfonamides is 1. The number of nitro benzene ring substituents is 1. The molecule has 0 aliphatic rings. The maximum absolute atomic E-state index is 13.4. The molecule has 0 bridgehead atoms. The molecule has 10 nitrogen and oxygen atoms in total. The Morgan fingerprint density at radius 3 is 2.53 bits per heavy atom. The highest BCUT2D eigenvalue weighted by Gasteiger charge is 2.28. The summed E-state index contributed by atoms with van der Waals surface area (Å²) in [6.07, 6.45) is 0. The number of aryl methyl sites for hydroxylation is 1. The van der Waals surface area contributed by atoms with Crippen LogP contribution in [0.25, 0.3) is 10.2 Å². The van der Waals surface area contributed by atoms with Crippen molar-refractivity contribution < 1.29 is 18.1 Å². The summed E-state index contributed by atoms with van der Waals surface area (Å²) in [5.41, 5.74) is 0.758. The van der Waals surface area contributed by atoms with Crippen LogP contribution in [0.2, 0.25) is 0 Å². The van der Waals surface area contributed by atoms with Crippen LogP contribution in [0.1, 0.15) is 0 Å². The molecule has 0 aliphatic carbocycles. The Labute approximate surface area is 197 Å². The van der Waals surface area contributed by atoms with Crippen molar-refractivity contribution in [2.45, 2.75) is 4.90 Å². The monoisotopic (exact) mass is 498 g/mol. The van der Waals surface area contributed by atoms with Gasteiger partial charge in [0, 0.05) is 24.9 Å². The van der Waals surface area contributed by atoms with Crippen LogP contribution >= 0.6 is 11.3 Å². The van der Waals surface area contributed by atoms with Crippen molar-refractivity contribution in [3.05, 3.63) is 92.6 Å². The van der Waals surface area contributed by atoms with Crippen LogP contribution in [0.5, 0.6) is 0 Å². The van der Waals surface area contributed by atoms with E-state index in [1.165, 1.54) is 34.9 Å². The van der Waals surface area contributed by atoms with Crippen LogP contribution < -0.4 is 14.5 Å². The van der Waals surface area contributed by atoms with Gasteiger partial charge in [0.15, 0.2) is 0 Å². The van der Waals surface area contributed by atoms with E-state index in [0.717, 1.165) is 21.7 Å². The first-order valence-electron chi connectivity index (χ1n) is 9.88. The molecule has 1 heterocycles. The van der Waals surface area contributed by atoms with E-state index in [0.29, 0.717) is 15.9 Å². The number of non-ortho nitro benzene ring substituents is 1. The number of hydrogen-bond donors (Lipinski definition) is 1.